The summed E-state index contributed by atoms with van der Waals surface area (Å²) in [6.07, 6.45) is 7.27. The van der Waals surface area contributed by atoms with Crippen LogP contribution < -0.4 is 0 Å². The third kappa shape index (κ3) is 1.79. The van der Waals surface area contributed by atoms with E-state index in [2.05, 4.69) is 48.5 Å². The van der Waals surface area contributed by atoms with Crippen LogP contribution in [0.5, 0.6) is 0 Å². The molecule has 1 aromatic heterocycles. The number of thiophene rings is 1. The summed E-state index contributed by atoms with van der Waals surface area (Å²) >= 11 is 8.54. The predicted molar refractivity (Wildman–Crippen MR) is 128 cm³/mol. The molecule has 30 heavy (non-hydrogen) atoms. The second kappa shape index (κ2) is 5.50. The first-order valence-corrected chi connectivity index (χ1v) is 12.7. The zero-order valence-corrected chi connectivity index (χ0v) is 18.4. The maximum atomic E-state index is 6.63. The van der Waals surface area contributed by atoms with Crippen molar-refractivity contribution in [2.24, 2.45) is 23.7 Å². The Kier molecular flexibility index (Phi) is 3.08. The highest BCUT2D eigenvalue weighted by Gasteiger charge is 2.61. The molecule has 4 aromatic rings. The van der Waals surface area contributed by atoms with Gasteiger partial charge in [0.15, 0.2) is 0 Å². The summed E-state index contributed by atoms with van der Waals surface area (Å²) in [7, 11) is 0. The second-order valence-electron chi connectivity index (χ2n) is 10.3. The first-order chi connectivity index (χ1) is 14.7. The van der Waals surface area contributed by atoms with Crippen molar-refractivity contribution in [3.63, 3.8) is 0 Å². The van der Waals surface area contributed by atoms with Crippen LogP contribution in [0, 0.1) is 23.7 Å². The van der Waals surface area contributed by atoms with Gasteiger partial charge >= 0.3 is 0 Å². The van der Waals surface area contributed by atoms with E-state index in [0.29, 0.717) is 0 Å². The van der Waals surface area contributed by atoms with Gasteiger partial charge in [-0.1, -0.05) is 60.1 Å². The van der Waals surface area contributed by atoms with E-state index in [1.807, 2.05) is 17.4 Å². The van der Waals surface area contributed by atoms with Crippen LogP contribution in [0.15, 0.2) is 54.6 Å². The summed E-state index contributed by atoms with van der Waals surface area (Å²) in [6, 6.07) is 20.7. The van der Waals surface area contributed by atoms with Gasteiger partial charge in [0.25, 0.3) is 0 Å². The molecule has 3 aromatic carbocycles. The van der Waals surface area contributed by atoms with Crippen LogP contribution in [-0.2, 0) is 5.41 Å². The molecule has 2 heteroatoms. The standard InChI is InChI=1S/C28H23ClS/c29-24-7-3-5-19-20-8-9-23-25(27(20)30-26(19)24)21-4-1-2-6-22(21)28(23)17-11-15-10-16(13-17)14-18(28)12-15/h1-9,15-18H,10-14H2. The van der Waals surface area contributed by atoms with Crippen molar-refractivity contribution in [3.8, 4) is 11.1 Å². The molecule has 1 spiro atoms. The summed E-state index contributed by atoms with van der Waals surface area (Å²) in [4.78, 5) is 0. The Labute approximate surface area is 185 Å². The summed E-state index contributed by atoms with van der Waals surface area (Å²) < 4.78 is 2.69. The fraction of sp³-hybridized carbons (Fsp3) is 0.357. The monoisotopic (exact) mass is 426 g/mol. The predicted octanol–water partition coefficient (Wildman–Crippen LogP) is 8.43. The zero-order valence-electron chi connectivity index (χ0n) is 16.8. The molecule has 5 aliphatic rings. The molecule has 4 fully saturated rings. The van der Waals surface area contributed by atoms with Crippen LogP contribution in [0.4, 0.5) is 0 Å². The number of rotatable bonds is 0. The SMILES string of the molecule is Clc1cccc2c1sc1c3c(ccc12)C1(c2ccccc2-3)C2CC3CC(C2)CC1C3. The lowest BCUT2D eigenvalue weighted by molar-refractivity contribution is -0.0399. The fourth-order valence-electron chi connectivity index (χ4n) is 8.45. The van der Waals surface area contributed by atoms with Crippen molar-refractivity contribution in [2.75, 3.05) is 0 Å². The van der Waals surface area contributed by atoms with Crippen molar-refractivity contribution in [3.05, 3.63) is 70.7 Å². The van der Waals surface area contributed by atoms with E-state index in [0.717, 1.165) is 28.7 Å². The van der Waals surface area contributed by atoms with Crippen LogP contribution in [0.3, 0.4) is 0 Å². The highest BCUT2D eigenvalue weighted by Crippen LogP contribution is 2.70. The highest BCUT2D eigenvalue weighted by atomic mass is 35.5. The van der Waals surface area contributed by atoms with Crippen LogP contribution in [0.1, 0.15) is 43.2 Å². The number of hydrogen-bond donors (Lipinski definition) is 0. The van der Waals surface area contributed by atoms with E-state index in [-0.39, 0.29) is 5.41 Å². The Morgan fingerprint density at radius 2 is 1.43 bits per heavy atom. The fourth-order valence-corrected chi connectivity index (χ4v) is 10.0. The van der Waals surface area contributed by atoms with Crippen LogP contribution in [0.25, 0.3) is 31.3 Å². The molecule has 0 radical (unpaired) electrons. The molecule has 0 saturated heterocycles. The Morgan fingerprint density at radius 1 is 0.700 bits per heavy atom. The minimum absolute atomic E-state index is 0.257. The molecule has 0 aliphatic heterocycles. The zero-order chi connectivity index (χ0) is 19.6. The molecule has 0 amide bonds. The van der Waals surface area contributed by atoms with E-state index in [9.17, 15) is 0 Å². The maximum Gasteiger partial charge on any atom is 0.0584 e. The van der Waals surface area contributed by atoms with Gasteiger partial charge in [0, 0.05) is 26.5 Å². The molecule has 0 atom stereocenters. The maximum absolute atomic E-state index is 6.63. The molecule has 1 heterocycles. The summed E-state index contributed by atoms with van der Waals surface area (Å²) in [5.41, 5.74) is 6.59. The van der Waals surface area contributed by atoms with E-state index in [4.69, 9.17) is 11.6 Å². The van der Waals surface area contributed by atoms with E-state index >= 15 is 0 Å². The van der Waals surface area contributed by atoms with Crippen LogP contribution >= 0.6 is 22.9 Å². The van der Waals surface area contributed by atoms with E-state index < -0.39 is 0 Å². The van der Waals surface area contributed by atoms with Gasteiger partial charge in [-0.25, -0.2) is 0 Å². The van der Waals surface area contributed by atoms with Crippen molar-refractivity contribution in [1.29, 1.82) is 0 Å². The molecular formula is C28H23ClS. The molecule has 0 N–H and O–H groups in total. The third-order valence-electron chi connectivity index (χ3n) is 9.13. The lowest BCUT2D eigenvalue weighted by Gasteiger charge is -2.61. The van der Waals surface area contributed by atoms with Gasteiger partial charge in [-0.3, -0.25) is 0 Å². The molecule has 5 aliphatic carbocycles. The normalized spacial score (nSPS) is 33.0. The van der Waals surface area contributed by atoms with Gasteiger partial charge in [0.2, 0.25) is 0 Å². The molecular weight excluding hydrogens is 404 g/mol. The largest absolute Gasteiger partial charge is 0.133 e. The molecule has 4 saturated carbocycles. The lowest BCUT2D eigenvalue weighted by Crippen LogP contribution is -2.55. The Hall–Kier alpha value is -1.83. The van der Waals surface area contributed by atoms with Gasteiger partial charge in [-0.05, 0) is 78.5 Å². The average molecular weight is 427 g/mol. The van der Waals surface area contributed by atoms with Gasteiger partial charge in [-0.2, -0.15) is 0 Å². The van der Waals surface area contributed by atoms with Crippen molar-refractivity contribution < 1.29 is 0 Å². The van der Waals surface area contributed by atoms with Gasteiger partial charge in [0.1, 0.15) is 0 Å². The van der Waals surface area contributed by atoms with Gasteiger partial charge in [-0.15, -0.1) is 11.3 Å². The summed E-state index contributed by atoms with van der Waals surface area (Å²) in [6.45, 7) is 0. The quantitative estimate of drug-likeness (QED) is 0.264. The number of fused-ring (bicyclic) bond motifs is 7. The molecule has 4 bridgehead atoms. The summed E-state index contributed by atoms with van der Waals surface area (Å²) in [5.74, 6) is 3.63. The molecule has 148 valence electrons. The van der Waals surface area contributed by atoms with Crippen molar-refractivity contribution in [1.82, 2.24) is 0 Å². The molecule has 0 unspecified atom stereocenters. The molecule has 9 rings (SSSR count). The highest BCUT2D eigenvalue weighted by molar-refractivity contribution is 7.27. The second-order valence-corrected chi connectivity index (χ2v) is 11.7. The van der Waals surface area contributed by atoms with Crippen LogP contribution in [0.2, 0.25) is 5.02 Å². The minimum atomic E-state index is 0.257. The number of halogens is 1. The van der Waals surface area contributed by atoms with Gasteiger partial charge < -0.3 is 0 Å². The number of hydrogen-bond acceptors (Lipinski definition) is 1. The number of benzene rings is 3. The van der Waals surface area contributed by atoms with E-state index in [1.165, 1.54) is 63.4 Å². The summed E-state index contributed by atoms with van der Waals surface area (Å²) in [5, 5.41) is 3.58. The van der Waals surface area contributed by atoms with Crippen molar-refractivity contribution >= 4 is 43.1 Å². The van der Waals surface area contributed by atoms with Crippen molar-refractivity contribution in [2.45, 2.75) is 37.5 Å². The topological polar surface area (TPSA) is 0 Å². The Morgan fingerprint density at radius 3 is 2.23 bits per heavy atom. The van der Waals surface area contributed by atoms with Crippen LogP contribution in [-0.4, -0.2) is 0 Å². The van der Waals surface area contributed by atoms with Gasteiger partial charge in [0.05, 0.1) is 9.72 Å². The minimum Gasteiger partial charge on any atom is -0.133 e. The first-order valence-electron chi connectivity index (χ1n) is 11.5. The lowest BCUT2D eigenvalue weighted by atomic mass is 9.43. The third-order valence-corrected chi connectivity index (χ3v) is 10.8. The Balaban J connectivity index is 1.51. The Bertz CT molecular complexity index is 1350. The average Bonchev–Trinajstić information content (AvgIpc) is 3.27. The first kappa shape index (κ1) is 16.8. The van der Waals surface area contributed by atoms with E-state index in [1.54, 1.807) is 11.1 Å². The molecule has 0 nitrogen and oxygen atoms in total. The smallest absolute Gasteiger partial charge is 0.0584 e.